The Kier molecular flexibility index (Phi) is 13.5. The number of rotatable bonds is 7. The Morgan fingerprint density at radius 1 is 0.432 bits per heavy atom. The van der Waals surface area contributed by atoms with Crippen molar-refractivity contribution in [2.24, 2.45) is 0 Å². The molecule has 0 N–H and O–H groups in total. The Morgan fingerprint density at radius 3 is 1.69 bits per heavy atom. The van der Waals surface area contributed by atoms with E-state index < -0.39 is 0 Å². The first-order chi connectivity index (χ1) is 34.3. The molecule has 3 heterocycles. The van der Waals surface area contributed by atoms with Crippen molar-refractivity contribution in [1.82, 2.24) is 9.55 Å². The predicted molar refractivity (Wildman–Crippen MR) is 309 cm³/mol. The Balaban J connectivity index is 0.00000672. The van der Waals surface area contributed by atoms with Gasteiger partial charge in [0, 0.05) is 61.3 Å². The molecule has 0 amide bonds. The molecule has 0 spiro atoms. The third-order valence-electron chi connectivity index (χ3n) is 14.5. The zero-order chi connectivity index (χ0) is 52.0. The van der Waals surface area contributed by atoms with Crippen LogP contribution in [0.2, 0.25) is 0 Å². The fraction of sp³-hybridized carbons (Fsp3) is 0.294. The van der Waals surface area contributed by atoms with E-state index in [9.17, 15) is 0 Å². The van der Waals surface area contributed by atoms with Crippen molar-refractivity contribution >= 4 is 44.6 Å². The smallest absolute Gasteiger partial charge is 0.135 e. The number of fused-ring (bicyclic) bond motifs is 4. The molecule has 0 radical (unpaired) electrons. The molecule has 10 rings (SSSR count). The van der Waals surface area contributed by atoms with Gasteiger partial charge >= 0.3 is 0 Å². The SMILES string of the molecule is CC(C)(C)c1cc(-c2cc(C(C)(C)C)cc(C(C)(C)C)c2)cc(N2[CH-]N(c3[c-]c(Oc4[c-]c5c(cc4)c4cc(-c6ccccc6)ccc4n5-c4cc(C(C)(C)C)ccn4)ccc3)c3cc(C(C)(C)C)ccc32)c1.[Pt]. The Morgan fingerprint density at radius 2 is 1.04 bits per heavy atom. The summed E-state index contributed by atoms with van der Waals surface area (Å²) in [5, 5.41) is 2.21. The van der Waals surface area contributed by atoms with Crippen LogP contribution in [0.3, 0.4) is 0 Å². The fourth-order valence-corrected chi connectivity index (χ4v) is 9.83. The van der Waals surface area contributed by atoms with E-state index in [0.717, 1.165) is 55.9 Å². The topological polar surface area (TPSA) is 33.5 Å². The van der Waals surface area contributed by atoms with Gasteiger partial charge in [-0.15, -0.1) is 48.1 Å². The van der Waals surface area contributed by atoms with Gasteiger partial charge in [0.1, 0.15) is 5.82 Å². The van der Waals surface area contributed by atoms with Gasteiger partial charge in [-0.2, -0.15) is 12.1 Å². The number of benzene rings is 7. The van der Waals surface area contributed by atoms with Gasteiger partial charge in [-0.25, -0.2) is 4.98 Å². The van der Waals surface area contributed by atoms with Gasteiger partial charge in [-0.05, 0) is 125 Å². The van der Waals surface area contributed by atoms with Gasteiger partial charge in [0.15, 0.2) is 0 Å². The zero-order valence-electron chi connectivity index (χ0n) is 46.0. The molecule has 0 atom stereocenters. The maximum atomic E-state index is 6.81. The molecule has 0 saturated heterocycles. The quantitative estimate of drug-likeness (QED) is 0.149. The zero-order valence-corrected chi connectivity index (χ0v) is 48.3. The summed E-state index contributed by atoms with van der Waals surface area (Å²) in [6.45, 7) is 36.6. The van der Waals surface area contributed by atoms with Gasteiger partial charge in [0.25, 0.3) is 0 Å². The number of ether oxygens (including phenoxy) is 1. The molecule has 2 aromatic heterocycles. The van der Waals surface area contributed by atoms with E-state index in [4.69, 9.17) is 9.72 Å². The van der Waals surface area contributed by atoms with E-state index in [0.29, 0.717) is 11.5 Å². The number of aromatic nitrogens is 2. The van der Waals surface area contributed by atoms with Crippen molar-refractivity contribution in [3.05, 3.63) is 198 Å². The number of anilines is 4. The molecular formula is C68H71N4OPt-3. The Labute approximate surface area is 455 Å². The molecule has 0 unspecified atom stereocenters. The number of hydrogen-bond donors (Lipinski definition) is 0. The van der Waals surface area contributed by atoms with Crippen LogP contribution in [0.15, 0.2) is 152 Å². The second-order valence-electron chi connectivity index (χ2n) is 25.3. The van der Waals surface area contributed by atoms with Gasteiger partial charge in [0.05, 0.1) is 0 Å². The van der Waals surface area contributed by atoms with E-state index >= 15 is 0 Å². The monoisotopic (exact) mass is 1150 g/mol. The minimum Gasteiger partial charge on any atom is -0.509 e. The molecule has 1 aliphatic rings. The van der Waals surface area contributed by atoms with E-state index in [1.165, 1.54) is 44.5 Å². The van der Waals surface area contributed by atoms with Crippen LogP contribution in [0.25, 0.3) is 49.9 Å². The molecule has 0 bridgehead atoms. The fourth-order valence-electron chi connectivity index (χ4n) is 9.83. The van der Waals surface area contributed by atoms with E-state index in [-0.39, 0.29) is 48.1 Å². The van der Waals surface area contributed by atoms with Crippen LogP contribution < -0.4 is 14.5 Å². The molecule has 0 saturated carbocycles. The molecule has 382 valence electrons. The van der Waals surface area contributed by atoms with Crippen LogP contribution in [0.1, 0.15) is 132 Å². The predicted octanol–water partition coefficient (Wildman–Crippen LogP) is 18.8. The molecule has 6 heteroatoms. The third kappa shape index (κ3) is 10.3. The molecule has 74 heavy (non-hydrogen) atoms. The van der Waals surface area contributed by atoms with Gasteiger partial charge in [-0.3, -0.25) is 0 Å². The molecular weight excluding hydrogens is 1080 g/mol. The first-order valence-corrected chi connectivity index (χ1v) is 25.9. The second kappa shape index (κ2) is 19.1. The van der Waals surface area contributed by atoms with Crippen LogP contribution in [-0.4, -0.2) is 9.55 Å². The summed E-state index contributed by atoms with van der Waals surface area (Å²) >= 11 is 0. The van der Waals surface area contributed by atoms with Crippen molar-refractivity contribution in [2.45, 2.75) is 131 Å². The van der Waals surface area contributed by atoms with Gasteiger partial charge in [-0.1, -0.05) is 182 Å². The molecule has 1 aliphatic heterocycles. The van der Waals surface area contributed by atoms with Crippen LogP contribution >= 0.6 is 0 Å². The maximum absolute atomic E-state index is 6.81. The molecule has 5 nitrogen and oxygen atoms in total. The average Bonchev–Trinajstić information content (AvgIpc) is 3.88. The average molecular weight is 1160 g/mol. The van der Waals surface area contributed by atoms with Crippen molar-refractivity contribution in [2.75, 3.05) is 9.80 Å². The number of nitrogens with zero attached hydrogens (tertiary/aromatic N) is 4. The third-order valence-corrected chi connectivity index (χ3v) is 14.5. The molecule has 7 aromatic carbocycles. The number of pyridine rings is 1. The summed E-state index contributed by atoms with van der Waals surface area (Å²) in [5.74, 6) is 2.04. The van der Waals surface area contributed by atoms with E-state index in [2.05, 4.69) is 270 Å². The maximum Gasteiger partial charge on any atom is 0.135 e. The largest absolute Gasteiger partial charge is 0.509 e. The Bertz CT molecular complexity index is 3520. The first kappa shape index (κ1) is 52.4. The van der Waals surface area contributed by atoms with Crippen molar-refractivity contribution < 1.29 is 25.8 Å². The summed E-state index contributed by atoms with van der Waals surface area (Å²) in [6, 6.07) is 60.6. The molecule has 0 fully saturated rings. The minimum atomic E-state index is -0.0937. The van der Waals surface area contributed by atoms with Crippen LogP contribution in [-0.2, 0) is 48.1 Å². The van der Waals surface area contributed by atoms with Gasteiger partial charge in [0.2, 0.25) is 0 Å². The van der Waals surface area contributed by atoms with Crippen LogP contribution in [0.5, 0.6) is 11.5 Å². The van der Waals surface area contributed by atoms with Gasteiger partial charge < -0.3 is 19.1 Å². The summed E-state index contributed by atoms with van der Waals surface area (Å²) < 4.78 is 9.03. The number of hydrogen-bond acceptors (Lipinski definition) is 4. The van der Waals surface area contributed by atoms with Crippen molar-refractivity contribution in [3.63, 3.8) is 0 Å². The Hall–Kier alpha value is -6.42. The van der Waals surface area contributed by atoms with E-state index in [1.807, 2.05) is 18.3 Å². The molecule has 0 aliphatic carbocycles. The first-order valence-electron chi connectivity index (χ1n) is 25.9. The summed E-state index contributed by atoms with van der Waals surface area (Å²) in [6.07, 6.45) is 1.92. The van der Waals surface area contributed by atoms with Crippen LogP contribution in [0.4, 0.5) is 22.7 Å². The molecule has 9 aromatic rings. The standard InChI is InChI=1S/C68H71N4O.Pt/c1-64(2,3)48-25-29-60-62(39-48)70(43-71(60)54-35-47(34-52(38-54)68(13,14)15)46-32-50(66(7,8)9)37-51(33-46)67(10,11)12)53-22-19-23-55(41-53)73-56-26-27-57-58-36-45(44-20-17-16-18-21-44)24-28-59(58)72(61(57)42-56)63-40-49(30-31-69-63)65(4,5)6;/h16-40,43H,1-15H3;/q-3;. The van der Waals surface area contributed by atoms with Crippen molar-refractivity contribution in [3.8, 4) is 39.6 Å². The van der Waals surface area contributed by atoms with Crippen molar-refractivity contribution in [1.29, 1.82) is 0 Å². The summed E-state index contributed by atoms with van der Waals surface area (Å²) in [7, 11) is 0. The van der Waals surface area contributed by atoms with Crippen LogP contribution in [0, 0.1) is 18.8 Å². The normalized spacial score (nSPS) is 13.4. The second-order valence-corrected chi connectivity index (χ2v) is 25.3. The van der Waals surface area contributed by atoms with E-state index in [1.54, 1.807) is 0 Å². The minimum absolute atomic E-state index is 0. The summed E-state index contributed by atoms with van der Waals surface area (Å²) in [5.41, 5.74) is 17.1. The summed E-state index contributed by atoms with van der Waals surface area (Å²) in [4.78, 5) is 9.58.